The first-order valence-electron chi connectivity index (χ1n) is 14.1. The number of carbonyl (C=O) groups excluding carboxylic acids is 1. The second kappa shape index (κ2) is 13.0. The number of nitrogens with one attached hydrogen (secondary N) is 2. The number of amides is 1. The van der Waals surface area contributed by atoms with E-state index in [0.29, 0.717) is 12.1 Å². The molecule has 41 heavy (non-hydrogen) atoms. The van der Waals surface area contributed by atoms with Crippen LogP contribution in [0.1, 0.15) is 64.7 Å². The van der Waals surface area contributed by atoms with Gasteiger partial charge in [-0.05, 0) is 79.5 Å². The van der Waals surface area contributed by atoms with Crippen LogP contribution in [0.5, 0.6) is 0 Å². The Morgan fingerprint density at radius 1 is 0.951 bits per heavy atom. The normalized spacial score (nSPS) is 13.0. The van der Waals surface area contributed by atoms with Crippen molar-refractivity contribution in [3.8, 4) is 21.7 Å². The molecule has 0 atom stereocenters. The molecule has 1 aliphatic carbocycles. The molecule has 0 radical (unpaired) electrons. The average Bonchev–Trinajstić information content (AvgIpc) is 3.40. The van der Waals surface area contributed by atoms with E-state index in [9.17, 15) is 9.59 Å². The number of hydrogen-bond acceptors (Lipinski definition) is 5. The van der Waals surface area contributed by atoms with E-state index >= 15 is 0 Å². The zero-order valence-corrected chi connectivity index (χ0v) is 24.3. The number of allylic oxidation sites excluding steroid dienone is 2. The van der Waals surface area contributed by atoms with E-state index in [2.05, 4.69) is 73.0 Å². The van der Waals surface area contributed by atoms with Crippen LogP contribution in [-0.4, -0.2) is 28.5 Å². The standard InChI is InChI=1S/C34H35N3O3S/c1-22-8-17-29(23(2)20-22)31-32(27-15-13-26(14-16-27)25-6-4-3-5-7-25)41-34(37-31)36-21-24-9-11-28(12-10-24)33(40)35-19-18-30(38)39/h6,8-17,20H,3-5,7,18-19,21H2,1-2H3,(H,35,40)(H,36,37)(H,38,39). The number of anilines is 1. The SMILES string of the molecule is Cc1ccc(-c2nc(NCc3ccc(C(=O)NCCC(=O)O)cc3)sc2-c2ccc(C3=CCCCC3)cc2)c(C)c1. The van der Waals surface area contributed by atoms with Crippen molar-refractivity contribution in [2.45, 2.75) is 52.5 Å². The second-order valence-corrected chi connectivity index (χ2v) is 11.5. The molecule has 3 aromatic carbocycles. The van der Waals surface area contributed by atoms with Crippen molar-refractivity contribution in [1.29, 1.82) is 0 Å². The predicted molar refractivity (Wildman–Crippen MR) is 167 cm³/mol. The maximum atomic E-state index is 12.3. The summed E-state index contributed by atoms with van der Waals surface area (Å²) in [6.45, 7) is 4.91. The Morgan fingerprint density at radius 3 is 2.39 bits per heavy atom. The third-order valence-electron chi connectivity index (χ3n) is 7.36. The fourth-order valence-electron chi connectivity index (χ4n) is 5.13. The zero-order chi connectivity index (χ0) is 28.8. The highest BCUT2D eigenvalue weighted by atomic mass is 32.1. The van der Waals surface area contributed by atoms with Crippen LogP contribution >= 0.6 is 11.3 Å². The molecule has 1 amide bonds. The molecule has 0 spiro atoms. The van der Waals surface area contributed by atoms with E-state index in [1.807, 2.05) is 12.1 Å². The summed E-state index contributed by atoms with van der Waals surface area (Å²) in [5, 5.41) is 15.7. The molecule has 0 unspecified atom stereocenters. The number of carboxylic acid groups (broad SMARTS) is 1. The quantitative estimate of drug-likeness (QED) is 0.182. The Balaban J connectivity index is 1.35. The molecule has 1 heterocycles. The van der Waals surface area contributed by atoms with Gasteiger partial charge >= 0.3 is 5.97 Å². The lowest BCUT2D eigenvalue weighted by atomic mass is 9.93. The lowest BCUT2D eigenvalue weighted by Gasteiger charge is -2.13. The van der Waals surface area contributed by atoms with Crippen molar-refractivity contribution in [3.63, 3.8) is 0 Å². The number of benzene rings is 3. The highest BCUT2D eigenvalue weighted by Crippen LogP contribution is 2.41. The second-order valence-electron chi connectivity index (χ2n) is 10.5. The molecule has 210 valence electrons. The highest BCUT2D eigenvalue weighted by Gasteiger charge is 2.17. The molecule has 0 saturated heterocycles. The van der Waals surface area contributed by atoms with Crippen molar-refractivity contribution in [3.05, 3.63) is 101 Å². The number of aromatic nitrogens is 1. The van der Waals surface area contributed by atoms with Gasteiger partial charge in [-0.25, -0.2) is 4.98 Å². The fourth-order valence-corrected chi connectivity index (χ4v) is 6.11. The summed E-state index contributed by atoms with van der Waals surface area (Å²) in [4.78, 5) is 29.1. The van der Waals surface area contributed by atoms with Crippen molar-refractivity contribution in [1.82, 2.24) is 10.3 Å². The van der Waals surface area contributed by atoms with Crippen LogP contribution in [0.25, 0.3) is 27.3 Å². The first-order valence-corrected chi connectivity index (χ1v) is 14.9. The summed E-state index contributed by atoms with van der Waals surface area (Å²) >= 11 is 1.65. The van der Waals surface area contributed by atoms with E-state index < -0.39 is 5.97 Å². The Kier molecular flexibility index (Phi) is 8.95. The lowest BCUT2D eigenvalue weighted by Crippen LogP contribution is -2.25. The van der Waals surface area contributed by atoms with Crippen LogP contribution in [0.3, 0.4) is 0 Å². The van der Waals surface area contributed by atoms with Crippen LogP contribution in [0, 0.1) is 13.8 Å². The summed E-state index contributed by atoms with van der Waals surface area (Å²) in [6.07, 6.45) is 7.14. The van der Waals surface area contributed by atoms with Crippen molar-refractivity contribution >= 4 is 33.9 Å². The fraction of sp³-hybridized carbons (Fsp3) is 0.265. The predicted octanol–water partition coefficient (Wildman–Crippen LogP) is 7.87. The average molecular weight is 566 g/mol. The Morgan fingerprint density at radius 2 is 1.71 bits per heavy atom. The van der Waals surface area contributed by atoms with Gasteiger partial charge in [0, 0.05) is 24.2 Å². The molecule has 3 N–H and O–H groups in total. The van der Waals surface area contributed by atoms with Gasteiger partial charge < -0.3 is 15.7 Å². The summed E-state index contributed by atoms with van der Waals surface area (Å²) < 4.78 is 0. The van der Waals surface area contributed by atoms with Crippen LogP contribution in [-0.2, 0) is 11.3 Å². The molecular weight excluding hydrogens is 530 g/mol. The maximum absolute atomic E-state index is 12.3. The van der Waals surface area contributed by atoms with E-state index in [1.165, 1.54) is 41.5 Å². The molecule has 0 fully saturated rings. The van der Waals surface area contributed by atoms with Crippen LogP contribution in [0.4, 0.5) is 5.13 Å². The molecule has 7 heteroatoms. The van der Waals surface area contributed by atoms with E-state index in [4.69, 9.17) is 10.1 Å². The van der Waals surface area contributed by atoms with Gasteiger partial charge in [-0.1, -0.05) is 77.6 Å². The largest absolute Gasteiger partial charge is 0.481 e. The van der Waals surface area contributed by atoms with Crippen molar-refractivity contribution in [2.24, 2.45) is 0 Å². The first-order chi connectivity index (χ1) is 19.9. The number of aryl methyl sites for hydroxylation is 2. The van der Waals surface area contributed by atoms with Crippen molar-refractivity contribution < 1.29 is 14.7 Å². The Labute approximate surface area is 245 Å². The molecule has 1 aliphatic rings. The minimum Gasteiger partial charge on any atom is -0.481 e. The monoisotopic (exact) mass is 565 g/mol. The van der Waals surface area contributed by atoms with Gasteiger partial charge in [-0.15, -0.1) is 0 Å². The number of aliphatic carboxylic acids is 1. The summed E-state index contributed by atoms with van der Waals surface area (Å²) in [7, 11) is 0. The van der Waals surface area contributed by atoms with Gasteiger partial charge in [0.1, 0.15) is 0 Å². The number of carbonyl (C=O) groups is 2. The third-order valence-corrected chi connectivity index (χ3v) is 8.42. The van der Waals surface area contributed by atoms with Gasteiger partial charge in [-0.2, -0.15) is 0 Å². The first kappa shape index (κ1) is 28.3. The molecule has 1 aromatic heterocycles. The van der Waals surface area contributed by atoms with E-state index in [1.54, 1.807) is 23.5 Å². The molecule has 0 aliphatic heterocycles. The smallest absolute Gasteiger partial charge is 0.305 e. The summed E-state index contributed by atoms with van der Waals surface area (Å²) in [5.74, 6) is -1.22. The van der Waals surface area contributed by atoms with E-state index in [-0.39, 0.29) is 18.9 Å². The van der Waals surface area contributed by atoms with Crippen molar-refractivity contribution in [2.75, 3.05) is 11.9 Å². The lowest BCUT2D eigenvalue weighted by molar-refractivity contribution is -0.136. The maximum Gasteiger partial charge on any atom is 0.305 e. The minimum absolute atomic E-state index is 0.101. The Bertz CT molecular complexity index is 1570. The number of carboxylic acids is 1. The van der Waals surface area contributed by atoms with Crippen LogP contribution in [0.2, 0.25) is 0 Å². The van der Waals surface area contributed by atoms with Gasteiger partial charge in [0.25, 0.3) is 5.91 Å². The molecule has 0 bridgehead atoms. The summed E-state index contributed by atoms with van der Waals surface area (Å²) in [5.41, 5.74) is 9.97. The minimum atomic E-state index is -0.938. The zero-order valence-electron chi connectivity index (χ0n) is 23.5. The van der Waals surface area contributed by atoms with Gasteiger partial charge in [0.15, 0.2) is 5.13 Å². The van der Waals surface area contributed by atoms with Crippen LogP contribution < -0.4 is 10.6 Å². The Hall–Kier alpha value is -4.23. The van der Waals surface area contributed by atoms with Gasteiger partial charge in [0.2, 0.25) is 0 Å². The van der Waals surface area contributed by atoms with Gasteiger partial charge in [-0.3, -0.25) is 9.59 Å². The van der Waals surface area contributed by atoms with E-state index in [0.717, 1.165) is 38.8 Å². The molecule has 6 nitrogen and oxygen atoms in total. The summed E-state index contributed by atoms with van der Waals surface area (Å²) in [6, 6.07) is 22.7. The molecular formula is C34H35N3O3S. The number of thiazole rings is 1. The van der Waals surface area contributed by atoms with Gasteiger partial charge in [0.05, 0.1) is 17.0 Å². The topological polar surface area (TPSA) is 91.3 Å². The molecule has 0 saturated carbocycles. The molecule has 5 rings (SSSR count). The number of hydrogen-bond donors (Lipinski definition) is 3. The van der Waals surface area contributed by atoms with Crippen LogP contribution in [0.15, 0.2) is 72.8 Å². The highest BCUT2D eigenvalue weighted by molar-refractivity contribution is 7.19. The molecule has 4 aromatic rings. The number of rotatable bonds is 10. The third kappa shape index (κ3) is 7.11. The number of nitrogens with zero attached hydrogens (tertiary/aromatic N) is 1.